The van der Waals surface area contributed by atoms with Gasteiger partial charge in [-0.2, -0.15) is 0 Å². The summed E-state index contributed by atoms with van der Waals surface area (Å²) in [6, 6.07) is 22.2. The van der Waals surface area contributed by atoms with Gasteiger partial charge < -0.3 is 13.9 Å². The topological polar surface area (TPSA) is 55.5 Å². The highest BCUT2D eigenvalue weighted by atomic mass is 16.4. The molecule has 2 aromatic carbocycles. The van der Waals surface area contributed by atoms with Gasteiger partial charge in [-0.3, -0.25) is 9.59 Å². The van der Waals surface area contributed by atoms with Crippen molar-refractivity contribution in [2.24, 2.45) is 0 Å². The van der Waals surface area contributed by atoms with Crippen LogP contribution in [0.15, 0.2) is 88.2 Å². The molecule has 0 aliphatic rings. The number of aromatic nitrogens is 1. The van der Waals surface area contributed by atoms with Crippen LogP contribution in [-0.4, -0.2) is 17.5 Å². The lowest BCUT2D eigenvalue weighted by atomic mass is 10.1. The van der Waals surface area contributed by atoms with Gasteiger partial charge in [0.15, 0.2) is 5.76 Å². The van der Waals surface area contributed by atoms with Crippen LogP contribution in [-0.2, 0) is 6.54 Å². The second kappa shape index (κ2) is 6.96. The van der Waals surface area contributed by atoms with Crippen molar-refractivity contribution in [1.82, 2.24) is 4.57 Å². The van der Waals surface area contributed by atoms with E-state index in [0.717, 1.165) is 16.5 Å². The van der Waals surface area contributed by atoms with Gasteiger partial charge >= 0.3 is 0 Å². The Morgan fingerprint density at radius 3 is 2.56 bits per heavy atom. The van der Waals surface area contributed by atoms with Gasteiger partial charge in [0.05, 0.1) is 6.54 Å². The van der Waals surface area contributed by atoms with Crippen molar-refractivity contribution in [3.05, 3.63) is 101 Å². The molecule has 0 N–H and O–H groups in total. The third-order valence-electron chi connectivity index (χ3n) is 4.52. The Bertz CT molecular complexity index is 1170. The van der Waals surface area contributed by atoms with Gasteiger partial charge in [-0.25, -0.2) is 0 Å². The average molecular weight is 358 g/mol. The maximum atomic E-state index is 12.8. The van der Waals surface area contributed by atoms with Crippen LogP contribution in [0.2, 0.25) is 0 Å². The largest absolute Gasteiger partial charge is 0.454 e. The molecule has 1 amide bonds. The van der Waals surface area contributed by atoms with Crippen molar-refractivity contribution in [2.45, 2.75) is 6.54 Å². The van der Waals surface area contributed by atoms with Gasteiger partial charge in [-0.1, -0.05) is 36.4 Å². The van der Waals surface area contributed by atoms with Crippen molar-refractivity contribution in [1.29, 1.82) is 0 Å². The number of nitrogens with zero attached hydrogens (tertiary/aromatic N) is 2. The van der Waals surface area contributed by atoms with E-state index in [9.17, 15) is 9.59 Å². The summed E-state index contributed by atoms with van der Waals surface area (Å²) in [7, 11) is 1.72. The predicted molar refractivity (Wildman–Crippen MR) is 105 cm³/mol. The number of benzene rings is 2. The number of carbonyl (C=O) groups is 1. The summed E-state index contributed by atoms with van der Waals surface area (Å²) >= 11 is 0. The maximum absolute atomic E-state index is 12.8. The quantitative estimate of drug-likeness (QED) is 0.556. The summed E-state index contributed by atoms with van der Waals surface area (Å²) in [5.41, 5.74) is 0.672. The lowest BCUT2D eigenvalue weighted by molar-refractivity contribution is 0.0964. The number of amides is 1. The first-order valence-corrected chi connectivity index (χ1v) is 8.63. The minimum Gasteiger partial charge on any atom is -0.454 e. The SMILES string of the molecule is CN(C(=O)c1ccc(Cn2ccccc2=O)o1)c1ccc2ccccc2c1. The highest BCUT2D eigenvalue weighted by Gasteiger charge is 2.18. The van der Waals surface area contributed by atoms with Gasteiger partial charge in [0, 0.05) is 25.0 Å². The molecule has 2 aromatic heterocycles. The molecule has 0 saturated carbocycles. The van der Waals surface area contributed by atoms with Gasteiger partial charge in [0.25, 0.3) is 11.5 Å². The van der Waals surface area contributed by atoms with Crippen LogP contribution in [0, 0.1) is 0 Å². The Morgan fingerprint density at radius 1 is 0.963 bits per heavy atom. The molecule has 0 spiro atoms. The summed E-state index contributed by atoms with van der Waals surface area (Å²) in [5.74, 6) is 0.556. The molecule has 0 fully saturated rings. The average Bonchev–Trinajstić information content (AvgIpc) is 3.17. The van der Waals surface area contributed by atoms with E-state index in [1.54, 1.807) is 42.4 Å². The first-order valence-electron chi connectivity index (χ1n) is 8.63. The zero-order valence-corrected chi connectivity index (χ0v) is 14.8. The standard InChI is InChI=1S/C22H18N2O3/c1-23(18-10-9-16-6-2-3-7-17(16)14-18)22(26)20-12-11-19(27-20)15-24-13-5-4-8-21(24)25/h2-14H,15H2,1H3. The van der Waals surface area contributed by atoms with E-state index in [-0.39, 0.29) is 23.8 Å². The lowest BCUT2D eigenvalue weighted by Crippen LogP contribution is -2.25. The maximum Gasteiger partial charge on any atom is 0.293 e. The van der Waals surface area contributed by atoms with Gasteiger partial charge in [0.1, 0.15) is 5.76 Å². The Labute approximate surface area is 156 Å². The molecule has 4 aromatic rings. The van der Waals surface area contributed by atoms with Crippen LogP contribution < -0.4 is 10.5 Å². The fourth-order valence-corrected chi connectivity index (χ4v) is 3.00. The second-order valence-corrected chi connectivity index (χ2v) is 6.33. The Hall–Kier alpha value is -3.60. The number of carbonyl (C=O) groups excluding carboxylic acids is 1. The third-order valence-corrected chi connectivity index (χ3v) is 4.52. The van der Waals surface area contributed by atoms with Crippen molar-refractivity contribution >= 4 is 22.4 Å². The molecule has 0 saturated heterocycles. The molecule has 5 heteroatoms. The number of furan rings is 1. The van der Waals surface area contributed by atoms with Crippen LogP contribution in [0.5, 0.6) is 0 Å². The van der Waals surface area contributed by atoms with E-state index in [0.29, 0.717) is 5.76 Å². The molecule has 0 unspecified atom stereocenters. The Kier molecular flexibility index (Phi) is 4.34. The number of rotatable bonds is 4. The van der Waals surface area contributed by atoms with Crippen molar-refractivity contribution < 1.29 is 9.21 Å². The molecule has 5 nitrogen and oxygen atoms in total. The molecular weight excluding hydrogens is 340 g/mol. The van der Waals surface area contributed by atoms with Crippen LogP contribution in [0.3, 0.4) is 0 Å². The van der Waals surface area contributed by atoms with Crippen molar-refractivity contribution in [3.63, 3.8) is 0 Å². The minimum absolute atomic E-state index is 0.116. The molecule has 2 heterocycles. The van der Waals surface area contributed by atoms with E-state index in [2.05, 4.69) is 0 Å². The summed E-state index contributed by atoms with van der Waals surface area (Å²) in [6.45, 7) is 0.284. The van der Waals surface area contributed by atoms with Crippen LogP contribution in [0.25, 0.3) is 10.8 Å². The number of hydrogen-bond acceptors (Lipinski definition) is 3. The fraction of sp³-hybridized carbons (Fsp3) is 0.0909. The first-order chi connectivity index (χ1) is 13.1. The van der Waals surface area contributed by atoms with E-state index in [1.165, 1.54) is 10.6 Å². The second-order valence-electron chi connectivity index (χ2n) is 6.33. The summed E-state index contributed by atoms with van der Waals surface area (Å²) < 4.78 is 7.21. The number of pyridine rings is 1. The number of anilines is 1. The van der Waals surface area contributed by atoms with Crippen LogP contribution in [0.1, 0.15) is 16.3 Å². The number of hydrogen-bond donors (Lipinski definition) is 0. The fourth-order valence-electron chi connectivity index (χ4n) is 3.00. The first kappa shape index (κ1) is 16.8. The highest BCUT2D eigenvalue weighted by molar-refractivity contribution is 6.04. The molecule has 27 heavy (non-hydrogen) atoms. The van der Waals surface area contributed by atoms with E-state index >= 15 is 0 Å². The summed E-state index contributed by atoms with van der Waals surface area (Å²) in [6.07, 6.45) is 1.69. The van der Waals surface area contributed by atoms with E-state index < -0.39 is 0 Å². The Balaban J connectivity index is 1.56. The van der Waals surface area contributed by atoms with E-state index in [4.69, 9.17) is 4.42 Å². The lowest BCUT2D eigenvalue weighted by Gasteiger charge is -2.16. The molecule has 0 aliphatic heterocycles. The molecule has 0 bridgehead atoms. The molecule has 0 radical (unpaired) electrons. The third kappa shape index (κ3) is 3.40. The Morgan fingerprint density at radius 2 is 1.74 bits per heavy atom. The minimum atomic E-state index is -0.239. The molecule has 0 atom stereocenters. The molecule has 0 aliphatic carbocycles. The summed E-state index contributed by atoms with van der Waals surface area (Å²) in [5, 5.41) is 2.19. The smallest absolute Gasteiger partial charge is 0.293 e. The van der Waals surface area contributed by atoms with Crippen LogP contribution in [0.4, 0.5) is 5.69 Å². The highest BCUT2D eigenvalue weighted by Crippen LogP contribution is 2.23. The molecule has 134 valence electrons. The van der Waals surface area contributed by atoms with E-state index in [1.807, 2.05) is 42.5 Å². The predicted octanol–water partition coefficient (Wildman–Crippen LogP) is 3.92. The molecular formula is C22H18N2O3. The summed E-state index contributed by atoms with van der Waals surface area (Å²) in [4.78, 5) is 26.1. The van der Waals surface area contributed by atoms with Crippen molar-refractivity contribution in [3.8, 4) is 0 Å². The molecule has 4 rings (SSSR count). The normalized spacial score (nSPS) is 10.9. The van der Waals surface area contributed by atoms with Crippen molar-refractivity contribution in [2.75, 3.05) is 11.9 Å². The zero-order chi connectivity index (χ0) is 18.8. The monoisotopic (exact) mass is 358 g/mol. The van der Waals surface area contributed by atoms with Crippen LogP contribution >= 0.6 is 0 Å². The van der Waals surface area contributed by atoms with Gasteiger partial charge in [-0.15, -0.1) is 0 Å². The van der Waals surface area contributed by atoms with Gasteiger partial charge in [-0.05, 0) is 41.1 Å². The van der Waals surface area contributed by atoms with Gasteiger partial charge in [0.2, 0.25) is 0 Å². The zero-order valence-electron chi connectivity index (χ0n) is 14.8. The number of fused-ring (bicyclic) bond motifs is 1.